The monoisotopic (exact) mass is 388 g/mol. The number of hydrogen-bond acceptors (Lipinski definition) is 3. The normalized spacial score (nSPS) is 12.1. The van der Waals surface area contributed by atoms with Crippen LogP contribution in [0.2, 0.25) is 5.02 Å². The van der Waals surface area contributed by atoms with Crippen molar-refractivity contribution < 1.29 is 9.59 Å². The molecule has 0 fully saturated rings. The van der Waals surface area contributed by atoms with E-state index in [2.05, 4.69) is 4.98 Å². The molecule has 4 rings (SSSR count). The molecule has 0 aliphatic rings. The average Bonchev–Trinajstić information content (AvgIpc) is 3.11. The van der Waals surface area contributed by atoms with Gasteiger partial charge >= 0.3 is 0 Å². The van der Waals surface area contributed by atoms with Crippen molar-refractivity contribution >= 4 is 34.1 Å². The Labute approximate surface area is 166 Å². The van der Waals surface area contributed by atoms with Crippen molar-refractivity contribution in [1.29, 1.82) is 0 Å². The molecule has 1 heterocycles. The Balaban J connectivity index is 1.88. The highest BCUT2D eigenvalue weighted by atomic mass is 35.5. The molecule has 138 valence electrons. The van der Waals surface area contributed by atoms with Crippen LogP contribution in [-0.2, 0) is 0 Å². The van der Waals surface area contributed by atoms with E-state index in [-0.39, 0.29) is 22.8 Å². The van der Waals surface area contributed by atoms with Crippen molar-refractivity contribution in [2.24, 2.45) is 5.73 Å². The van der Waals surface area contributed by atoms with Gasteiger partial charge in [0.05, 0.1) is 17.3 Å². The largest absolute Gasteiger partial charge is 0.351 e. The summed E-state index contributed by atoms with van der Waals surface area (Å²) in [6, 6.07) is 22.2. The van der Waals surface area contributed by atoms with E-state index in [1.165, 1.54) is 0 Å². The summed E-state index contributed by atoms with van der Waals surface area (Å²) in [5.41, 5.74) is 8.57. The highest BCUT2D eigenvalue weighted by Crippen LogP contribution is 2.30. The zero-order chi connectivity index (χ0) is 19.7. The molecule has 4 aromatic rings. The lowest BCUT2D eigenvalue weighted by Gasteiger charge is -2.12. The lowest BCUT2D eigenvalue weighted by Crippen LogP contribution is -2.23. The molecule has 28 heavy (non-hydrogen) atoms. The summed E-state index contributed by atoms with van der Waals surface area (Å²) in [6.45, 7) is 0. The van der Waals surface area contributed by atoms with Crippen LogP contribution in [-0.4, -0.2) is 16.6 Å². The number of nitrogens with two attached hydrogens (primary N) is 1. The summed E-state index contributed by atoms with van der Waals surface area (Å²) in [6.07, 6.45) is 0. The molecule has 3 aromatic carbocycles. The SMILES string of the molecule is N[C@@H](C(=O)c1c(C(=O)c2ccccc2)[nH]c2cc(Cl)ccc12)c1ccccc1. The van der Waals surface area contributed by atoms with Gasteiger partial charge in [-0.2, -0.15) is 0 Å². The molecule has 0 spiro atoms. The number of aromatic nitrogens is 1. The third kappa shape index (κ3) is 3.24. The minimum atomic E-state index is -0.877. The molecule has 1 atom stereocenters. The average molecular weight is 389 g/mol. The van der Waals surface area contributed by atoms with Gasteiger partial charge in [-0.05, 0) is 17.7 Å². The topological polar surface area (TPSA) is 76.0 Å². The number of benzene rings is 3. The highest BCUT2D eigenvalue weighted by molar-refractivity contribution is 6.31. The van der Waals surface area contributed by atoms with E-state index in [0.29, 0.717) is 27.1 Å². The molecule has 3 N–H and O–H groups in total. The van der Waals surface area contributed by atoms with E-state index in [0.717, 1.165) is 0 Å². The van der Waals surface area contributed by atoms with Crippen LogP contribution >= 0.6 is 11.6 Å². The third-order valence-electron chi connectivity index (χ3n) is 4.71. The first-order valence-corrected chi connectivity index (χ1v) is 9.20. The minimum absolute atomic E-state index is 0.222. The minimum Gasteiger partial charge on any atom is -0.351 e. The number of ketones is 2. The summed E-state index contributed by atoms with van der Waals surface area (Å²) >= 11 is 6.10. The van der Waals surface area contributed by atoms with E-state index in [9.17, 15) is 9.59 Å². The fraction of sp³-hybridized carbons (Fsp3) is 0.0435. The predicted octanol–water partition coefficient (Wildman–Crippen LogP) is 4.94. The second-order valence-electron chi connectivity index (χ2n) is 6.51. The van der Waals surface area contributed by atoms with Gasteiger partial charge in [-0.15, -0.1) is 0 Å². The molecule has 0 saturated carbocycles. The van der Waals surface area contributed by atoms with Crippen LogP contribution in [0.1, 0.15) is 38.0 Å². The number of nitrogens with one attached hydrogen (secondary N) is 1. The fourth-order valence-electron chi connectivity index (χ4n) is 3.30. The smallest absolute Gasteiger partial charge is 0.209 e. The van der Waals surface area contributed by atoms with Crippen LogP contribution in [0.25, 0.3) is 10.9 Å². The summed E-state index contributed by atoms with van der Waals surface area (Å²) in [4.78, 5) is 29.5. The maximum atomic E-state index is 13.3. The van der Waals surface area contributed by atoms with Crippen molar-refractivity contribution in [3.63, 3.8) is 0 Å². The van der Waals surface area contributed by atoms with E-state index < -0.39 is 6.04 Å². The van der Waals surface area contributed by atoms with E-state index in [1.807, 2.05) is 24.3 Å². The van der Waals surface area contributed by atoms with E-state index >= 15 is 0 Å². The maximum absolute atomic E-state index is 13.3. The number of rotatable bonds is 5. The zero-order valence-electron chi connectivity index (χ0n) is 14.9. The maximum Gasteiger partial charge on any atom is 0.209 e. The molecule has 0 bridgehead atoms. The van der Waals surface area contributed by atoms with Crippen LogP contribution in [0.4, 0.5) is 0 Å². The number of hydrogen-bond donors (Lipinski definition) is 2. The van der Waals surface area contributed by atoms with Gasteiger partial charge in [0.2, 0.25) is 5.78 Å². The van der Waals surface area contributed by atoms with Gasteiger partial charge in [-0.25, -0.2) is 0 Å². The van der Waals surface area contributed by atoms with E-state index in [4.69, 9.17) is 17.3 Å². The second-order valence-corrected chi connectivity index (χ2v) is 6.95. The Kier molecular flexibility index (Phi) is 4.82. The lowest BCUT2D eigenvalue weighted by molar-refractivity contribution is 0.0950. The molecule has 0 aliphatic carbocycles. The summed E-state index contributed by atoms with van der Waals surface area (Å²) in [5, 5.41) is 1.14. The zero-order valence-corrected chi connectivity index (χ0v) is 15.6. The van der Waals surface area contributed by atoms with Gasteiger partial charge in [-0.1, -0.05) is 78.3 Å². The second kappa shape index (κ2) is 7.43. The number of aromatic amines is 1. The number of fused-ring (bicyclic) bond motifs is 1. The first-order chi connectivity index (χ1) is 13.6. The third-order valence-corrected chi connectivity index (χ3v) is 4.95. The van der Waals surface area contributed by atoms with Gasteiger partial charge in [0, 0.05) is 21.5 Å². The van der Waals surface area contributed by atoms with Crippen molar-refractivity contribution in [3.05, 3.63) is 106 Å². The summed E-state index contributed by atoms with van der Waals surface area (Å²) in [7, 11) is 0. The lowest BCUT2D eigenvalue weighted by atomic mass is 9.94. The Morgan fingerprint density at radius 1 is 0.893 bits per heavy atom. The van der Waals surface area contributed by atoms with Crippen molar-refractivity contribution in [1.82, 2.24) is 4.98 Å². The number of halogens is 1. The van der Waals surface area contributed by atoms with Crippen molar-refractivity contribution in [2.45, 2.75) is 6.04 Å². The Morgan fingerprint density at radius 2 is 1.54 bits per heavy atom. The number of carbonyl (C=O) groups excluding carboxylic acids is 2. The van der Waals surface area contributed by atoms with Crippen LogP contribution in [0, 0.1) is 0 Å². The molecular weight excluding hydrogens is 372 g/mol. The molecule has 5 heteroatoms. The number of Topliss-reactive ketones (excluding diaryl/α,β-unsaturated/α-hetero) is 1. The molecule has 1 aromatic heterocycles. The van der Waals surface area contributed by atoms with Crippen molar-refractivity contribution in [2.75, 3.05) is 0 Å². The van der Waals surface area contributed by atoms with Gasteiger partial charge in [0.1, 0.15) is 0 Å². The van der Waals surface area contributed by atoms with E-state index in [1.54, 1.807) is 54.6 Å². The highest BCUT2D eigenvalue weighted by Gasteiger charge is 2.28. The first-order valence-electron chi connectivity index (χ1n) is 8.82. The molecular formula is C23H17ClN2O2. The van der Waals surface area contributed by atoms with Crippen LogP contribution < -0.4 is 5.73 Å². The number of H-pyrrole nitrogens is 1. The van der Waals surface area contributed by atoms with Crippen LogP contribution in [0.3, 0.4) is 0 Å². The van der Waals surface area contributed by atoms with Crippen LogP contribution in [0.15, 0.2) is 78.9 Å². The molecule has 0 unspecified atom stereocenters. The number of carbonyl (C=O) groups is 2. The Bertz CT molecular complexity index is 1170. The Morgan fingerprint density at radius 3 is 2.21 bits per heavy atom. The Hall–Kier alpha value is -3.21. The quantitative estimate of drug-likeness (QED) is 0.476. The van der Waals surface area contributed by atoms with Gasteiger partial charge in [-0.3, -0.25) is 9.59 Å². The molecule has 4 nitrogen and oxygen atoms in total. The fourth-order valence-corrected chi connectivity index (χ4v) is 3.47. The molecule has 0 aliphatic heterocycles. The molecule has 0 radical (unpaired) electrons. The standard InChI is InChI=1S/C23H17ClN2O2/c24-16-11-12-17-18(13-16)26-21(22(27)15-9-5-2-6-10-15)19(17)23(28)20(25)14-7-3-1-4-8-14/h1-13,20,26H,25H2/t20-/m1/s1. The van der Waals surface area contributed by atoms with Gasteiger partial charge in [0.25, 0.3) is 0 Å². The summed E-state index contributed by atoms with van der Waals surface area (Å²) < 4.78 is 0. The van der Waals surface area contributed by atoms with Crippen molar-refractivity contribution in [3.8, 4) is 0 Å². The predicted molar refractivity (Wildman–Crippen MR) is 111 cm³/mol. The first kappa shape index (κ1) is 18.2. The molecule has 0 amide bonds. The summed E-state index contributed by atoms with van der Waals surface area (Å²) in [5.74, 6) is -0.587. The molecule has 0 saturated heterocycles. The van der Waals surface area contributed by atoms with Crippen LogP contribution in [0.5, 0.6) is 0 Å². The van der Waals surface area contributed by atoms with Gasteiger partial charge < -0.3 is 10.7 Å². The van der Waals surface area contributed by atoms with Gasteiger partial charge in [0.15, 0.2) is 5.78 Å².